The van der Waals surface area contributed by atoms with Gasteiger partial charge in [-0.15, -0.1) is 0 Å². The van der Waals surface area contributed by atoms with Gasteiger partial charge in [0.2, 0.25) is 0 Å². The van der Waals surface area contributed by atoms with Crippen molar-refractivity contribution in [1.82, 2.24) is 14.7 Å². The van der Waals surface area contributed by atoms with Crippen molar-refractivity contribution in [1.29, 1.82) is 0 Å². The number of carboxylic acids is 1. The van der Waals surface area contributed by atoms with Crippen LogP contribution >= 0.6 is 0 Å². The number of sulfone groups is 1. The number of carboxylic acid groups (broad SMARTS) is 1. The number of hydrogen-bond donors (Lipinski definition) is 1. The van der Waals surface area contributed by atoms with Gasteiger partial charge in [0.25, 0.3) is 0 Å². The molecule has 1 aliphatic heterocycles. The van der Waals surface area contributed by atoms with E-state index in [1.54, 1.807) is 22.8 Å². The van der Waals surface area contributed by atoms with E-state index in [1.807, 2.05) is 13.1 Å². The molecule has 20 heavy (non-hydrogen) atoms. The predicted molar refractivity (Wildman–Crippen MR) is 73.0 cm³/mol. The minimum Gasteiger partial charge on any atom is -0.480 e. The van der Waals surface area contributed by atoms with Crippen LogP contribution in [0.5, 0.6) is 0 Å². The lowest BCUT2D eigenvalue weighted by Gasteiger charge is -2.31. The average Bonchev–Trinajstić information content (AvgIpc) is 2.91. The number of aliphatic carboxylic acids is 1. The molecule has 0 radical (unpaired) electrons. The SMILES string of the molecule is CC(c1cnn(C)c1)N(CC(=O)O)C1CCS(=O)(=O)C1. The average molecular weight is 301 g/mol. The van der Waals surface area contributed by atoms with Gasteiger partial charge in [0.15, 0.2) is 9.84 Å². The molecule has 112 valence electrons. The Morgan fingerprint density at radius 2 is 2.35 bits per heavy atom. The van der Waals surface area contributed by atoms with E-state index in [-0.39, 0.29) is 30.1 Å². The number of rotatable bonds is 5. The summed E-state index contributed by atoms with van der Waals surface area (Å²) in [6.45, 7) is 1.71. The summed E-state index contributed by atoms with van der Waals surface area (Å²) >= 11 is 0. The monoisotopic (exact) mass is 301 g/mol. The first-order valence-corrected chi connectivity index (χ1v) is 8.27. The fraction of sp³-hybridized carbons (Fsp3) is 0.667. The second-order valence-corrected chi connectivity index (χ2v) is 7.47. The smallest absolute Gasteiger partial charge is 0.317 e. The largest absolute Gasteiger partial charge is 0.480 e. The summed E-state index contributed by atoms with van der Waals surface area (Å²) in [6, 6.07) is -0.426. The Balaban J connectivity index is 2.21. The van der Waals surface area contributed by atoms with E-state index >= 15 is 0 Å². The van der Waals surface area contributed by atoms with Crippen LogP contribution in [-0.4, -0.2) is 58.3 Å². The third-order valence-corrected chi connectivity index (χ3v) is 5.45. The van der Waals surface area contributed by atoms with Gasteiger partial charge < -0.3 is 5.11 Å². The van der Waals surface area contributed by atoms with E-state index in [1.165, 1.54) is 0 Å². The van der Waals surface area contributed by atoms with Crippen molar-refractivity contribution in [3.8, 4) is 0 Å². The van der Waals surface area contributed by atoms with Crippen molar-refractivity contribution in [3.63, 3.8) is 0 Å². The summed E-state index contributed by atoms with van der Waals surface area (Å²) in [7, 11) is -1.25. The highest BCUT2D eigenvalue weighted by Gasteiger charge is 2.35. The number of aromatic nitrogens is 2. The number of hydrogen-bond acceptors (Lipinski definition) is 5. The Morgan fingerprint density at radius 1 is 1.65 bits per heavy atom. The molecule has 0 bridgehead atoms. The first kappa shape index (κ1) is 15.0. The molecule has 1 aliphatic rings. The predicted octanol–water partition coefficient (Wildman–Crippen LogP) is 0.0548. The fourth-order valence-electron chi connectivity index (χ4n) is 2.62. The van der Waals surface area contributed by atoms with Crippen LogP contribution in [0.2, 0.25) is 0 Å². The molecule has 0 aliphatic carbocycles. The summed E-state index contributed by atoms with van der Waals surface area (Å²) < 4.78 is 24.9. The molecule has 8 heteroatoms. The molecule has 1 saturated heterocycles. The molecular formula is C12H19N3O4S. The Kier molecular flexibility index (Phi) is 4.14. The number of aryl methyl sites for hydroxylation is 1. The quantitative estimate of drug-likeness (QED) is 0.826. The Hall–Kier alpha value is -1.41. The summed E-state index contributed by atoms with van der Waals surface area (Å²) in [5.74, 6) is -0.789. The lowest BCUT2D eigenvalue weighted by Crippen LogP contribution is -2.41. The fourth-order valence-corrected chi connectivity index (χ4v) is 4.36. The number of nitrogens with zero attached hydrogens (tertiary/aromatic N) is 3. The zero-order valence-electron chi connectivity index (χ0n) is 11.6. The maximum atomic E-state index is 11.6. The zero-order valence-corrected chi connectivity index (χ0v) is 12.4. The molecule has 0 aromatic carbocycles. The summed E-state index contributed by atoms with van der Waals surface area (Å²) in [5.41, 5.74) is 0.887. The van der Waals surface area contributed by atoms with Crippen LogP contribution in [0.15, 0.2) is 12.4 Å². The van der Waals surface area contributed by atoms with Crippen LogP contribution in [-0.2, 0) is 21.7 Å². The van der Waals surface area contributed by atoms with E-state index in [0.29, 0.717) is 6.42 Å². The highest BCUT2D eigenvalue weighted by molar-refractivity contribution is 7.91. The molecule has 1 fully saturated rings. The topological polar surface area (TPSA) is 92.5 Å². The van der Waals surface area contributed by atoms with Crippen LogP contribution in [0.4, 0.5) is 0 Å². The van der Waals surface area contributed by atoms with Gasteiger partial charge in [-0.2, -0.15) is 5.10 Å². The van der Waals surface area contributed by atoms with Crippen molar-refractivity contribution >= 4 is 15.8 Å². The molecule has 2 unspecified atom stereocenters. The van der Waals surface area contributed by atoms with E-state index in [4.69, 9.17) is 5.11 Å². The second kappa shape index (κ2) is 5.53. The van der Waals surface area contributed by atoms with Crippen LogP contribution in [0.25, 0.3) is 0 Å². The van der Waals surface area contributed by atoms with Crippen LogP contribution < -0.4 is 0 Å². The molecule has 1 N–H and O–H groups in total. The molecule has 2 heterocycles. The van der Waals surface area contributed by atoms with Gasteiger partial charge in [-0.25, -0.2) is 8.42 Å². The molecule has 2 atom stereocenters. The molecule has 1 aromatic rings. The molecular weight excluding hydrogens is 282 g/mol. The molecule has 0 spiro atoms. The lowest BCUT2D eigenvalue weighted by atomic mass is 10.1. The van der Waals surface area contributed by atoms with Gasteiger partial charge in [0, 0.05) is 30.9 Å². The van der Waals surface area contributed by atoms with Gasteiger partial charge in [-0.3, -0.25) is 14.4 Å². The molecule has 2 rings (SSSR count). The lowest BCUT2D eigenvalue weighted by molar-refractivity contribution is -0.139. The van der Waals surface area contributed by atoms with Gasteiger partial charge in [0.05, 0.1) is 24.2 Å². The van der Waals surface area contributed by atoms with E-state index < -0.39 is 15.8 Å². The normalized spacial score (nSPS) is 23.1. The molecule has 0 amide bonds. The maximum Gasteiger partial charge on any atom is 0.317 e. The van der Waals surface area contributed by atoms with Crippen LogP contribution in [0.1, 0.15) is 24.9 Å². The van der Waals surface area contributed by atoms with Crippen molar-refractivity contribution in [2.24, 2.45) is 7.05 Å². The molecule has 7 nitrogen and oxygen atoms in total. The minimum absolute atomic E-state index is 0.0326. The Morgan fingerprint density at radius 3 is 2.80 bits per heavy atom. The summed E-state index contributed by atoms with van der Waals surface area (Å²) in [5, 5.41) is 13.1. The van der Waals surface area contributed by atoms with Gasteiger partial charge in [-0.05, 0) is 13.3 Å². The highest BCUT2D eigenvalue weighted by atomic mass is 32.2. The van der Waals surface area contributed by atoms with Crippen LogP contribution in [0.3, 0.4) is 0 Å². The second-order valence-electron chi connectivity index (χ2n) is 5.25. The third kappa shape index (κ3) is 3.37. The Labute approximate surface area is 118 Å². The van der Waals surface area contributed by atoms with Gasteiger partial charge in [-0.1, -0.05) is 0 Å². The minimum atomic E-state index is -3.04. The molecule has 0 saturated carbocycles. The summed E-state index contributed by atoms with van der Waals surface area (Å²) in [6.07, 6.45) is 3.99. The number of carbonyl (C=O) groups is 1. The van der Waals surface area contributed by atoms with Crippen molar-refractivity contribution in [3.05, 3.63) is 18.0 Å². The highest BCUT2D eigenvalue weighted by Crippen LogP contribution is 2.27. The first-order chi connectivity index (χ1) is 9.28. The summed E-state index contributed by atoms with van der Waals surface area (Å²) in [4.78, 5) is 12.8. The van der Waals surface area contributed by atoms with Crippen molar-refractivity contribution in [2.45, 2.75) is 25.4 Å². The maximum absolute atomic E-state index is 11.6. The van der Waals surface area contributed by atoms with E-state index in [0.717, 1.165) is 5.56 Å². The van der Waals surface area contributed by atoms with Gasteiger partial charge >= 0.3 is 5.97 Å². The van der Waals surface area contributed by atoms with Crippen molar-refractivity contribution < 1.29 is 18.3 Å². The standard InChI is InChI=1S/C12H19N3O4S/c1-9(10-5-13-14(2)6-10)15(7-12(16)17)11-3-4-20(18,19)8-11/h5-6,9,11H,3-4,7-8H2,1-2H3,(H,16,17). The first-order valence-electron chi connectivity index (χ1n) is 6.45. The van der Waals surface area contributed by atoms with Gasteiger partial charge in [0.1, 0.15) is 0 Å². The Bertz CT molecular complexity index is 596. The van der Waals surface area contributed by atoms with Crippen molar-refractivity contribution in [2.75, 3.05) is 18.1 Å². The van der Waals surface area contributed by atoms with E-state index in [9.17, 15) is 13.2 Å². The zero-order chi connectivity index (χ0) is 14.9. The van der Waals surface area contributed by atoms with E-state index in [2.05, 4.69) is 5.10 Å². The molecule has 1 aromatic heterocycles. The van der Waals surface area contributed by atoms with Crippen LogP contribution in [0, 0.1) is 0 Å². The third-order valence-electron chi connectivity index (χ3n) is 3.70.